The van der Waals surface area contributed by atoms with Crippen LogP contribution in [0.3, 0.4) is 0 Å². The van der Waals surface area contributed by atoms with Crippen molar-refractivity contribution in [3.8, 4) is 0 Å². The molecule has 0 unspecified atom stereocenters. The van der Waals surface area contributed by atoms with Crippen molar-refractivity contribution in [3.63, 3.8) is 0 Å². The standard InChI is InChI=1S/C4H5NO2S/c6-3-1-4-5(3)2-7-8-4/h4H,1-2H2/t4-/m1/s1. The van der Waals surface area contributed by atoms with Crippen LogP contribution >= 0.6 is 12.0 Å². The first-order chi connectivity index (χ1) is 3.88. The third-order valence-corrected chi connectivity index (χ3v) is 2.27. The van der Waals surface area contributed by atoms with Crippen LogP contribution in [0.4, 0.5) is 0 Å². The molecule has 8 heavy (non-hydrogen) atoms. The van der Waals surface area contributed by atoms with Gasteiger partial charge in [-0.3, -0.25) is 8.98 Å². The lowest BCUT2D eigenvalue weighted by Crippen LogP contribution is -2.46. The van der Waals surface area contributed by atoms with Crippen molar-refractivity contribution >= 4 is 17.9 Å². The zero-order chi connectivity index (χ0) is 5.56. The fourth-order valence-corrected chi connectivity index (χ4v) is 1.66. The lowest BCUT2D eigenvalue weighted by atomic mass is 10.2. The summed E-state index contributed by atoms with van der Waals surface area (Å²) in [7, 11) is 0. The van der Waals surface area contributed by atoms with Crippen LogP contribution in [0.5, 0.6) is 0 Å². The topological polar surface area (TPSA) is 29.5 Å². The molecule has 0 aromatic rings. The van der Waals surface area contributed by atoms with Crippen LogP contribution in [-0.2, 0) is 8.98 Å². The molecule has 0 N–H and O–H groups in total. The van der Waals surface area contributed by atoms with Gasteiger partial charge in [0.25, 0.3) is 0 Å². The number of amides is 1. The Hall–Kier alpha value is -0.220. The molecule has 0 aliphatic carbocycles. The second-order valence-electron chi connectivity index (χ2n) is 1.87. The number of carbonyl (C=O) groups excluding carboxylic acids is 1. The molecule has 3 nitrogen and oxygen atoms in total. The van der Waals surface area contributed by atoms with E-state index in [-0.39, 0.29) is 5.91 Å². The minimum absolute atomic E-state index is 0.222. The number of carbonyl (C=O) groups is 1. The maximum Gasteiger partial charge on any atom is 0.228 e. The molecule has 2 rings (SSSR count). The SMILES string of the molecule is O=C1C[C@H]2SOCN12. The van der Waals surface area contributed by atoms with Gasteiger partial charge in [-0.25, -0.2) is 0 Å². The van der Waals surface area contributed by atoms with Gasteiger partial charge in [-0.15, -0.1) is 0 Å². The highest BCUT2D eigenvalue weighted by Gasteiger charge is 2.41. The van der Waals surface area contributed by atoms with Crippen LogP contribution in [-0.4, -0.2) is 22.9 Å². The average Bonchev–Trinajstić information content (AvgIpc) is 2.09. The first-order valence-corrected chi connectivity index (χ1v) is 3.26. The zero-order valence-electron chi connectivity index (χ0n) is 4.16. The Bertz CT molecular complexity index is 138. The summed E-state index contributed by atoms with van der Waals surface area (Å²) in [6.07, 6.45) is 0.671. The number of hydrogen-bond donors (Lipinski definition) is 0. The zero-order valence-corrected chi connectivity index (χ0v) is 4.98. The van der Waals surface area contributed by atoms with Gasteiger partial charge in [0, 0.05) is 12.0 Å². The van der Waals surface area contributed by atoms with Crippen LogP contribution in [0.1, 0.15) is 6.42 Å². The van der Waals surface area contributed by atoms with E-state index in [1.165, 1.54) is 12.0 Å². The first-order valence-electron chi connectivity index (χ1n) is 2.46. The van der Waals surface area contributed by atoms with Crippen LogP contribution in [0, 0.1) is 0 Å². The molecular formula is C4H5NO2S. The van der Waals surface area contributed by atoms with Crippen molar-refractivity contribution in [3.05, 3.63) is 0 Å². The summed E-state index contributed by atoms with van der Waals surface area (Å²) >= 11 is 1.40. The van der Waals surface area contributed by atoms with E-state index in [2.05, 4.69) is 0 Å². The van der Waals surface area contributed by atoms with Gasteiger partial charge in [-0.1, -0.05) is 0 Å². The van der Waals surface area contributed by atoms with Gasteiger partial charge >= 0.3 is 0 Å². The summed E-state index contributed by atoms with van der Waals surface area (Å²) in [5, 5.41) is 0.350. The Balaban J connectivity index is 2.11. The average molecular weight is 131 g/mol. The van der Waals surface area contributed by atoms with Gasteiger partial charge in [-0.2, -0.15) is 0 Å². The lowest BCUT2D eigenvalue weighted by Gasteiger charge is -2.29. The van der Waals surface area contributed by atoms with Gasteiger partial charge in [0.1, 0.15) is 12.1 Å². The van der Waals surface area contributed by atoms with E-state index in [9.17, 15) is 4.79 Å². The van der Waals surface area contributed by atoms with Crippen LogP contribution < -0.4 is 0 Å². The summed E-state index contributed by atoms with van der Waals surface area (Å²) in [6, 6.07) is 0. The summed E-state index contributed by atoms with van der Waals surface area (Å²) in [6.45, 7) is 0.494. The molecule has 1 amide bonds. The van der Waals surface area contributed by atoms with Crippen molar-refractivity contribution in [2.75, 3.05) is 6.73 Å². The van der Waals surface area contributed by atoms with Crippen LogP contribution in [0.15, 0.2) is 0 Å². The van der Waals surface area contributed by atoms with Gasteiger partial charge in [0.15, 0.2) is 0 Å². The highest BCUT2D eigenvalue weighted by Crippen LogP contribution is 2.35. The molecule has 2 heterocycles. The summed E-state index contributed by atoms with van der Waals surface area (Å²) in [5.74, 6) is 0.222. The molecule has 0 saturated carbocycles. The first kappa shape index (κ1) is 4.64. The van der Waals surface area contributed by atoms with E-state index >= 15 is 0 Å². The predicted octanol–water partition coefficient (Wildman–Crippen LogP) is 0.181. The van der Waals surface area contributed by atoms with Crippen molar-refractivity contribution in [2.45, 2.75) is 11.8 Å². The van der Waals surface area contributed by atoms with Crippen LogP contribution in [0.25, 0.3) is 0 Å². The minimum Gasteiger partial charge on any atom is -0.303 e. The van der Waals surface area contributed by atoms with E-state index in [0.29, 0.717) is 18.5 Å². The Morgan fingerprint density at radius 1 is 1.88 bits per heavy atom. The van der Waals surface area contributed by atoms with E-state index in [1.807, 2.05) is 0 Å². The number of rotatable bonds is 0. The van der Waals surface area contributed by atoms with E-state index < -0.39 is 0 Å². The van der Waals surface area contributed by atoms with Crippen molar-refractivity contribution in [2.24, 2.45) is 0 Å². The highest BCUT2D eigenvalue weighted by atomic mass is 32.2. The number of fused-ring (bicyclic) bond motifs is 1. The monoisotopic (exact) mass is 131 g/mol. The van der Waals surface area contributed by atoms with Gasteiger partial charge in [0.05, 0.1) is 6.42 Å². The van der Waals surface area contributed by atoms with Gasteiger partial charge in [0.2, 0.25) is 5.91 Å². The molecular weight excluding hydrogens is 126 g/mol. The Labute approximate surface area is 51.2 Å². The highest BCUT2D eigenvalue weighted by molar-refractivity contribution is 7.95. The molecule has 0 aromatic carbocycles. The Morgan fingerprint density at radius 2 is 2.75 bits per heavy atom. The molecule has 2 fully saturated rings. The molecule has 0 radical (unpaired) electrons. The molecule has 0 aromatic heterocycles. The number of nitrogens with zero attached hydrogens (tertiary/aromatic N) is 1. The smallest absolute Gasteiger partial charge is 0.228 e. The third kappa shape index (κ3) is 0.418. The second kappa shape index (κ2) is 1.39. The largest absolute Gasteiger partial charge is 0.303 e. The quantitative estimate of drug-likeness (QED) is 0.347. The van der Waals surface area contributed by atoms with Gasteiger partial charge < -0.3 is 4.90 Å². The fraction of sp³-hybridized carbons (Fsp3) is 0.750. The Morgan fingerprint density at radius 3 is 3.25 bits per heavy atom. The number of hydrogen-bond acceptors (Lipinski definition) is 3. The fourth-order valence-electron chi connectivity index (χ4n) is 0.832. The number of β-lactam (4-membered cyclic amide) rings is 1. The summed E-state index contributed by atoms with van der Waals surface area (Å²) in [5.41, 5.74) is 0. The molecule has 2 aliphatic heterocycles. The van der Waals surface area contributed by atoms with Crippen molar-refractivity contribution < 1.29 is 8.98 Å². The van der Waals surface area contributed by atoms with E-state index in [0.717, 1.165) is 0 Å². The van der Waals surface area contributed by atoms with Crippen LogP contribution in [0.2, 0.25) is 0 Å². The molecule has 0 bridgehead atoms. The second-order valence-corrected chi connectivity index (χ2v) is 2.84. The molecule has 4 heteroatoms. The van der Waals surface area contributed by atoms with E-state index in [4.69, 9.17) is 4.18 Å². The van der Waals surface area contributed by atoms with Crippen molar-refractivity contribution in [1.29, 1.82) is 0 Å². The molecule has 1 atom stereocenters. The third-order valence-electron chi connectivity index (χ3n) is 1.39. The van der Waals surface area contributed by atoms with E-state index in [1.54, 1.807) is 4.90 Å². The maximum absolute atomic E-state index is 10.5. The Kier molecular flexibility index (Phi) is 0.804. The van der Waals surface area contributed by atoms with Crippen molar-refractivity contribution in [1.82, 2.24) is 4.90 Å². The summed E-state index contributed by atoms with van der Waals surface area (Å²) < 4.78 is 4.92. The molecule has 44 valence electrons. The lowest BCUT2D eigenvalue weighted by molar-refractivity contribution is -0.142. The normalized spacial score (nSPS) is 34.8. The summed E-state index contributed by atoms with van der Waals surface area (Å²) in [4.78, 5) is 12.3. The predicted molar refractivity (Wildman–Crippen MR) is 28.8 cm³/mol. The molecule has 2 aliphatic rings. The molecule has 2 saturated heterocycles. The van der Waals surface area contributed by atoms with Gasteiger partial charge in [-0.05, 0) is 0 Å². The molecule has 0 spiro atoms. The minimum atomic E-state index is 0.222. The maximum atomic E-state index is 10.5.